The summed E-state index contributed by atoms with van der Waals surface area (Å²) in [7, 11) is 0. The molecule has 148 valence electrons. The van der Waals surface area contributed by atoms with Gasteiger partial charge in [0.25, 0.3) is 0 Å². The normalized spacial score (nSPS) is 15.9. The van der Waals surface area contributed by atoms with Crippen molar-refractivity contribution in [1.29, 1.82) is 0 Å². The average Bonchev–Trinajstić information content (AvgIpc) is 3.18. The van der Waals surface area contributed by atoms with E-state index >= 15 is 0 Å². The summed E-state index contributed by atoms with van der Waals surface area (Å²) >= 11 is 0. The third-order valence-electron chi connectivity index (χ3n) is 4.89. The number of benzene rings is 2. The molecule has 3 rings (SSSR count). The van der Waals surface area contributed by atoms with Crippen LogP contribution in [0.2, 0.25) is 0 Å². The van der Waals surface area contributed by atoms with Crippen molar-refractivity contribution < 1.29 is 4.79 Å². The monoisotopic (exact) mass is 409 g/mol. The Morgan fingerprint density at radius 2 is 1.44 bits per heavy atom. The summed E-state index contributed by atoms with van der Waals surface area (Å²) in [5.74, 6) is 0.0106. The van der Waals surface area contributed by atoms with Crippen molar-refractivity contribution in [2.24, 2.45) is 5.73 Å². The largest absolute Gasteiger partial charge is 0.354 e. The van der Waals surface area contributed by atoms with Gasteiger partial charge in [0.05, 0.1) is 6.04 Å². The molecule has 2 unspecified atom stereocenters. The van der Waals surface area contributed by atoms with Crippen LogP contribution < -0.4 is 11.1 Å². The lowest BCUT2D eigenvalue weighted by molar-refractivity contribution is -0.121. The van der Waals surface area contributed by atoms with Crippen LogP contribution in [-0.4, -0.2) is 30.4 Å². The van der Waals surface area contributed by atoms with Crippen molar-refractivity contribution in [3.8, 4) is 0 Å². The Kier molecular flexibility index (Phi) is 10.4. The Morgan fingerprint density at radius 1 is 0.926 bits per heavy atom. The minimum Gasteiger partial charge on any atom is -0.354 e. The molecule has 6 heteroatoms. The second-order valence-corrected chi connectivity index (χ2v) is 6.69. The molecule has 1 aliphatic heterocycles. The molecule has 2 atom stereocenters. The van der Waals surface area contributed by atoms with E-state index in [0.717, 1.165) is 18.7 Å². The fourth-order valence-electron chi connectivity index (χ4n) is 3.49. The number of nitrogens with two attached hydrogens (primary N) is 1. The molecule has 0 aliphatic carbocycles. The number of amides is 1. The van der Waals surface area contributed by atoms with Crippen molar-refractivity contribution in [2.45, 2.75) is 31.3 Å². The van der Waals surface area contributed by atoms with Crippen LogP contribution in [-0.2, 0) is 4.79 Å². The van der Waals surface area contributed by atoms with Gasteiger partial charge in [-0.25, -0.2) is 0 Å². The van der Waals surface area contributed by atoms with Crippen molar-refractivity contribution in [3.63, 3.8) is 0 Å². The lowest BCUT2D eigenvalue weighted by Crippen LogP contribution is -2.37. The third kappa shape index (κ3) is 6.82. The Hall–Kier alpha value is -1.59. The maximum atomic E-state index is 12.4. The van der Waals surface area contributed by atoms with Gasteiger partial charge < -0.3 is 11.1 Å². The van der Waals surface area contributed by atoms with Crippen molar-refractivity contribution in [2.75, 3.05) is 19.6 Å². The number of likely N-dealkylation sites (tertiary alicyclic amines) is 1. The number of hydrogen-bond acceptors (Lipinski definition) is 3. The van der Waals surface area contributed by atoms with Gasteiger partial charge in [-0.2, -0.15) is 0 Å². The Labute approximate surface area is 174 Å². The minimum absolute atomic E-state index is 0. The van der Waals surface area contributed by atoms with E-state index < -0.39 is 0 Å². The molecule has 2 aromatic carbocycles. The molecule has 0 aromatic heterocycles. The predicted octanol–water partition coefficient (Wildman–Crippen LogP) is 3.87. The number of halogens is 2. The SMILES string of the molecule is Cl.Cl.NC(CC(=O)NCC(c1ccccc1)N1CCCC1)c1ccccc1. The van der Waals surface area contributed by atoms with Crippen molar-refractivity contribution >= 4 is 30.7 Å². The number of carbonyl (C=O) groups excluding carboxylic acids is 1. The fraction of sp³-hybridized carbons (Fsp3) is 0.381. The summed E-state index contributed by atoms with van der Waals surface area (Å²) in [6, 6.07) is 20.2. The highest BCUT2D eigenvalue weighted by Gasteiger charge is 2.24. The smallest absolute Gasteiger partial charge is 0.221 e. The van der Waals surface area contributed by atoms with Gasteiger partial charge in [0.2, 0.25) is 5.91 Å². The van der Waals surface area contributed by atoms with Crippen molar-refractivity contribution in [1.82, 2.24) is 10.2 Å². The Morgan fingerprint density at radius 3 is 2.00 bits per heavy atom. The molecule has 27 heavy (non-hydrogen) atoms. The second kappa shape index (κ2) is 12.0. The van der Waals surface area contributed by atoms with Gasteiger partial charge in [-0.15, -0.1) is 24.8 Å². The Bertz CT molecular complexity index is 664. The van der Waals surface area contributed by atoms with Crippen LogP contribution in [0.3, 0.4) is 0 Å². The zero-order valence-electron chi connectivity index (χ0n) is 15.4. The summed E-state index contributed by atoms with van der Waals surface area (Å²) in [4.78, 5) is 14.8. The van der Waals surface area contributed by atoms with Crippen molar-refractivity contribution in [3.05, 3.63) is 71.8 Å². The van der Waals surface area contributed by atoms with E-state index in [0.29, 0.717) is 13.0 Å². The zero-order chi connectivity index (χ0) is 17.5. The highest BCUT2D eigenvalue weighted by Crippen LogP contribution is 2.24. The van der Waals surface area contributed by atoms with Crippen LogP contribution in [0.25, 0.3) is 0 Å². The van der Waals surface area contributed by atoms with Crippen LogP contribution in [0.4, 0.5) is 0 Å². The number of nitrogens with zero attached hydrogens (tertiary/aromatic N) is 1. The maximum Gasteiger partial charge on any atom is 0.221 e. The summed E-state index contributed by atoms with van der Waals surface area (Å²) in [6.45, 7) is 2.82. The van der Waals surface area contributed by atoms with E-state index in [1.807, 2.05) is 36.4 Å². The summed E-state index contributed by atoms with van der Waals surface area (Å²) < 4.78 is 0. The molecule has 1 amide bonds. The maximum absolute atomic E-state index is 12.4. The van der Waals surface area contributed by atoms with Gasteiger partial charge in [-0.3, -0.25) is 9.69 Å². The average molecular weight is 410 g/mol. The highest BCUT2D eigenvalue weighted by molar-refractivity contribution is 5.85. The first-order chi connectivity index (χ1) is 12.2. The minimum atomic E-state index is -0.261. The lowest BCUT2D eigenvalue weighted by Gasteiger charge is -2.28. The van der Waals surface area contributed by atoms with E-state index in [1.165, 1.54) is 18.4 Å². The summed E-state index contributed by atoms with van der Waals surface area (Å²) in [6.07, 6.45) is 2.78. The molecule has 0 saturated carbocycles. The van der Waals surface area contributed by atoms with Crippen LogP contribution in [0, 0.1) is 0 Å². The second-order valence-electron chi connectivity index (χ2n) is 6.69. The summed E-state index contributed by atoms with van der Waals surface area (Å²) in [5, 5.41) is 3.10. The van der Waals surface area contributed by atoms with E-state index in [1.54, 1.807) is 0 Å². The molecule has 0 spiro atoms. The molecule has 1 saturated heterocycles. The van der Waals surface area contributed by atoms with Crippen LogP contribution >= 0.6 is 24.8 Å². The number of hydrogen-bond donors (Lipinski definition) is 2. The zero-order valence-corrected chi connectivity index (χ0v) is 17.1. The van der Waals surface area contributed by atoms with E-state index in [9.17, 15) is 4.79 Å². The third-order valence-corrected chi connectivity index (χ3v) is 4.89. The standard InChI is InChI=1S/C21H27N3O.2ClH/c22-19(17-9-3-1-4-10-17)15-21(25)23-16-20(24-13-7-8-14-24)18-11-5-2-6-12-18;;/h1-6,9-12,19-20H,7-8,13-16,22H2,(H,23,25);2*1H. The first kappa shape index (κ1) is 23.4. The molecule has 0 radical (unpaired) electrons. The van der Waals surface area contributed by atoms with Gasteiger partial charge >= 0.3 is 0 Å². The molecular weight excluding hydrogens is 381 g/mol. The van der Waals surface area contributed by atoms with Gasteiger partial charge in [0.15, 0.2) is 0 Å². The van der Waals surface area contributed by atoms with Crippen LogP contribution in [0.15, 0.2) is 60.7 Å². The number of carbonyl (C=O) groups is 1. The fourth-order valence-corrected chi connectivity index (χ4v) is 3.49. The first-order valence-electron chi connectivity index (χ1n) is 9.10. The molecular formula is C21H29Cl2N3O. The number of rotatable bonds is 7. The van der Waals surface area contributed by atoms with Crippen LogP contribution in [0.1, 0.15) is 42.5 Å². The predicted molar refractivity (Wildman–Crippen MR) is 115 cm³/mol. The lowest BCUT2D eigenvalue weighted by atomic mass is 10.0. The molecule has 3 N–H and O–H groups in total. The first-order valence-corrected chi connectivity index (χ1v) is 9.10. The van der Waals surface area contributed by atoms with E-state index in [-0.39, 0.29) is 42.8 Å². The molecule has 2 aromatic rings. The molecule has 0 bridgehead atoms. The van der Waals surface area contributed by atoms with Gasteiger partial charge in [-0.1, -0.05) is 60.7 Å². The topological polar surface area (TPSA) is 58.4 Å². The molecule has 1 heterocycles. The van der Waals surface area contributed by atoms with Gasteiger partial charge in [0, 0.05) is 19.0 Å². The number of nitrogens with one attached hydrogen (secondary N) is 1. The van der Waals surface area contributed by atoms with Crippen LogP contribution in [0.5, 0.6) is 0 Å². The Balaban J connectivity index is 0.00000182. The van der Waals surface area contributed by atoms with E-state index in [4.69, 9.17) is 5.73 Å². The molecule has 1 fully saturated rings. The quantitative estimate of drug-likeness (QED) is 0.729. The highest BCUT2D eigenvalue weighted by atomic mass is 35.5. The van der Waals surface area contributed by atoms with E-state index in [2.05, 4.69) is 34.5 Å². The summed E-state index contributed by atoms with van der Waals surface area (Å²) in [5.41, 5.74) is 8.42. The van der Waals surface area contributed by atoms with Gasteiger partial charge in [-0.05, 0) is 37.1 Å². The molecule has 1 aliphatic rings. The molecule has 4 nitrogen and oxygen atoms in total. The van der Waals surface area contributed by atoms with Gasteiger partial charge in [0.1, 0.15) is 0 Å².